The Labute approximate surface area is 66.6 Å². The molecule has 0 aromatic heterocycles. The Kier molecular flexibility index (Phi) is 7.99. The molecule has 0 aromatic rings. The predicted molar refractivity (Wildman–Crippen MR) is 40.3 cm³/mol. The van der Waals surface area contributed by atoms with Crippen LogP contribution in [0, 0.1) is 0 Å². The van der Waals surface area contributed by atoms with Crippen LogP contribution < -0.4 is 0 Å². The maximum absolute atomic E-state index is 10.5. The highest BCUT2D eigenvalue weighted by molar-refractivity contribution is 7.47. The van der Waals surface area contributed by atoms with Gasteiger partial charge in [-0.25, -0.2) is 4.57 Å². The van der Waals surface area contributed by atoms with E-state index < -0.39 is 7.82 Å². The van der Waals surface area contributed by atoms with Crippen molar-refractivity contribution in [1.29, 1.82) is 0 Å². The maximum Gasteiger partial charge on any atom is 0.472 e. The van der Waals surface area contributed by atoms with Crippen molar-refractivity contribution in [1.82, 2.24) is 0 Å². The predicted octanol–water partition coefficient (Wildman–Crippen LogP) is 1.58. The summed E-state index contributed by atoms with van der Waals surface area (Å²) in [5.41, 5.74) is 0. The fourth-order valence-corrected chi connectivity index (χ4v) is 1.09. The minimum Gasteiger partial charge on any atom is -0.302 e. The zero-order valence-electron chi connectivity index (χ0n) is 5.94. The van der Waals surface area contributed by atoms with Crippen LogP contribution in [0.25, 0.3) is 0 Å². The van der Waals surface area contributed by atoms with Gasteiger partial charge in [0.15, 0.2) is 0 Å². The highest BCUT2D eigenvalue weighted by Crippen LogP contribution is 2.42. The van der Waals surface area contributed by atoms with Gasteiger partial charge in [0, 0.05) is 0 Å². The summed E-state index contributed by atoms with van der Waals surface area (Å²) < 4.78 is 19.2. The van der Waals surface area contributed by atoms with Crippen molar-refractivity contribution in [3.05, 3.63) is 0 Å². The Morgan fingerprint density at radius 3 is 1.80 bits per heavy atom. The third kappa shape index (κ3) is 6.52. The van der Waals surface area contributed by atoms with Crippen LogP contribution in [0.4, 0.5) is 0 Å². The number of hydrogen-bond acceptors (Lipinski definition) is 3. The Hall–Kier alpha value is 0.400. The highest BCUT2D eigenvalue weighted by atomic mass is 35.5. The van der Waals surface area contributed by atoms with Crippen molar-refractivity contribution >= 4 is 20.2 Å². The van der Waals surface area contributed by atoms with Gasteiger partial charge in [-0.1, -0.05) is 0 Å². The van der Waals surface area contributed by atoms with Crippen molar-refractivity contribution in [3.63, 3.8) is 0 Å². The van der Waals surface area contributed by atoms with Gasteiger partial charge in [0.2, 0.25) is 0 Å². The van der Waals surface area contributed by atoms with Crippen molar-refractivity contribution in [3.8, 4) is 0 Å². The first-order valence-corrected chi connectivity index (χ1v) is 4.23. The second-order valence-corrected chi connectivity index (χ2v) is 2.76. The van der Waals surface area contributed by atoms with Gasteiger partial charge in [0.25, 0.3) is 0 Å². The lowest BCUT2D eigenvalue weighted by Gasteiger charge is -2.07. The molecule has 6 heteroatoms. The lowest BCUT2D eigenvalue weighted by molar-refractivity contribution is 0.161. The van der Waals surface area contributed by atoms with Crippen LogP contribution in [0.1, 0.15) is 13.8 Å². The van der Waals surface area contributed by atoms with Crippen molar-refractivity contribution in [2.75, 3.05) is 13.2 Å². The molecule has 0 radical (unpaired) electrons. The first kappa shape index (κ1) is 13.0. The summed E-state index contributed by atoms with van der Waals surface area (Å²) in [6, 6.07) is 0. The molecule has 0 atom stereocenters. The van der Waals surface area contributed by atoms with Gasteiger partial charge in [-0.05, 0) is 13.8 Å². The summed E-state index contributed by atoms with van der Waals surface area (Å²) in [5.74, 6) is 0. The summed E-state index contributed by atoms with van der Waals surface area (Å²) in [4.78, 5) is 8.63. The molecule has 0 unspecified atom stereocenters. The molecule has 0 aliphatic rings. The van der Waals surface area contributed by atoms with Gasteiger partial charge in [0.05, 0.1) is 13.2 Å². The van der Waals surface area contributed by atoms with E-state index in [0.29, 0.717) is 0 Å². The van der Waals surface area contributed by atoms with E-state index in [2.05, 4.69) is 9.05 Å². The summed E-state index contributed by atoms with van der Waals surface area (Å²) in [5, 5.41) is 0. The first-order valence-electron chi connectivity index (χ1n) is 2.74. The molecule has 0 aromatic carbocycles. The molecule has 0 aliphatic heterocycles. The van der Waals surface area contributed by atoms with E-state index >= 15 is 0 Å². The van der Waals surface area contributed by atoms with Crippen molar-refractivity contribution in [2.24, 2.45) is 0 Å². The average molecular weight is 191 g/mol. The standard InChI is InChI=1S/C4H11O4P.ClH/c1-3-7-9(5,6)8-4-2;/h3-4H2,1-2H3,(H,5,6);1H. The number of hydrogen-bond donors (Lipinski definition) is 1. The third-order valence-corrected chi connectivity index (χ3v) is 1.75. The van der Waals surface area contributed by atoms with Crippen LogP contribution in [0.2, 0.25) is 0 Å². The minimum absolute atomic E-state index is 0. The molecular weight excluding hydrogens is 178 g/mol. The van der Waals surface area contributed by atoms with E-state index in [1.807, 2.05) is 0 Å². The van der Waals surface area contributed by atoms with Crippen LogP contribution in [0.15, 0.2) is 0 Å². The molecule has 4 nitrogen and oxygen atoms in total. The van der Waals surface area contributed by atoms with Crippen LogP contribution in [-0.4, -0.2) is 18.1 Å². The molecule has 0 saturated carbocycles. The molecule has 0 heterocycles. The molecule has 0 saturated heterocycles. The van der Waals surface area contributed by atoms with Gasteiger partial charge in [-0.2, -0.15) is 0 Å². The highest BCUT2D eigenvalue weighted by Gasteiger charge is 2.17. The van der Waals surface area contributed by atoms with Crippen molar-refractivity contribution in [2.45, 2.75) is 13.8 Å². The van der Waals surface area contributed by atoms with Crippen LogP contribution in [0.5, 0.6) is 0 Å². The molecule has 0 amide bonds. The molecule has 1 N–H and O–H groups in total. The summed E-state index contributed by atoms with van der Waals surface area (Å²) in [6.45, 7) is 3.63. The lowest BCUT2D eigenvalue weighted by Crippen LogP contribution is -1.93. The summed E-state index contributed by atoms with van der Waals surface area (Å²) in [7, 11) is -3.69. The molecule has 0 aliphatic carbocycles. The van der Waals surface area contributed by atoms with Crippen molar-refractivity contribution < 1.29 is 18.5 Å². The number of halogens is 1. The quantitative estimate of drug-likeness (QED) is 0.684. The van der Waals surface area contributed by atoms with E-state index in [4.69, 9.17) is 4.89 Å². The van der Waals surface area contributed by atoms with Crippen LogP contribution in [0.3, 0.4) is 0 Å². The fraction of sp³-hybridized carbons (Fsp3) is 1.00. The third-order valence-electron chi connectivity index (χ3n) is 0.584. The molecule has 0 spiro atoms. The zero-order chi connectivity index (χ0) is 7.33. The summed E-state index contributed by atoms with van der Waals surface area (Å²) in [6.07, 6.45) is 0. The second kappa shape index (κ2) is 6.13. The van der Waals surface area contributed by atoms with Gasteiger partial charge in [0.1, 0.15) is 0 Å². The van der Waals surface area contributed by atoms with E-state index in [1.54, 1.807) is 13.8 Å². The van der Waals surface area contributed by atoms with Crippen LogP contribution in [-0.2, 0) is 13.6 Å². The SMILES string of the molecule is CCOP(=O)(O)OCC.Cl. The lowest BCUT2D eigenvalue weighted by atomic mass is 10.9. The second-order valence-electron chi connectivity index (χ2n) is 1.30. The van der Waals surface area contributed by atoms with E-state index in [0.717, 1.165) is 0 Å². The monoisotopic (exact) mass is 190 g/mol. The Morgan fingerprint density at radius 2 is 1.60 bits per heavy atom. The molecule has 0 rings (SSSR count). The Bertz CT molecular complexity index is 108. The summed E-state index contributed by atoms with van der Waals surface area (Å²) >= 11 is 0. The minimum atomic E-state index is -3.69. The molecular formula is C4H12ClO4P. The van der Waals surface area contributed by atoms with Gasteiger partial charge in [-0.3, -0.25) is 9.05 Å². The maximum atomic E-state index is 10.5. The molecule has 0 fully saturated rings. The van der Waals surface area contributed by atoms with Gasteiger partial charge in [-0.15, -0.1) is 12.4 Å². The van der Waals surface area contributed by atoms with Gasteiger partial charge < -0.3 is 4.89 Å². The van der Waals surface area contributed by atoms with E-state index in [1.165, 1.54) is 0 Å². The molecule has 10 heavy (non-hydrogen) atoms. The number of phosphoric ester groups is 1. The smallest absolute Gasteiger partial charge is 0.302 e. The first-order chi connectivity index (χ1) is 4.12. The number of phosphoric acid groups is 1. The molecule has 0 bridgehead atoms. The zero-order valence-corrected chi connectivity index (χ0v) is 7.65. The van der Waals surface area contributed by atoms with Crippen LogP contribution >= 0.6 is 20.2 Å². The van der Waals surface area contributed by atoms with Gasteiger partial charge >= 0.3 is 7.82 Å². The largest absolute Gasteiger partial charge is 0.472 e. The normalized spacial score (nSPS) is 10.7. The average Bonchev–Trinajstić information content (AvgIpc) is 1.64. The Balaban J connectivity index is 0. The Morgan fingerprint density at radius 1 is 1.30 bits per heavy atom. The number of rotatable bonds is 4. The van der Waals surface area contributed by atoms with E-state index in [9.17, 15) is 4.57 Å². The van der Waals surface area contributed by atoms with E-state index in [-0.39, 0.29) is 25.6 Å². The molecule has 64 valence electrons. The fourth-order valence-electron chi connectivity index (χ4n) is 0.364. The topological polar surface area (TPSA) is 55.8 Å².